The summed E-state index contributed by atoms with van der Waals surface area (Å²) in [5, 5.41) is 1.98. The number of hydrogen-bond acceptors (Lipinski definition) is 5. The summed E-state index contributed by atoms with van der Waals surface area (Å²) in [6, 6.07) is 16.0. The van der Waals surface area contributed by atoms with Crippen LogP contribution in [-0.4, -0.2) is 18.2 Å². The molecule has 3 aromatic rings. The molecule has 0 bridgehead atoms. The molecule has 0 spiro atoms. The smallest absolute Gasteiger partial charge is 0.232 e. The number of hydrogen-bond donors (Lipinski definition) is 0. The second kappa shape index (κ2) is 7.21. The molecule has 0 fully saturated rings. The standard InChI is InChI=1S/C22H16O4S/c1-14-9-10-27-21(14)12-20-22(24)17-8-7-16(11-19(17)26-20)25-13-18(23)15-5-3-2-4-6-15/h2-12H,13H2,1H3. The highest BCUT2D eigenvalue weighted by atomic mass is 32.1. The topological polar surface area (TPSA) is 52.6 Å². The third kappa shape index (κ3) is 3.55. The Morgan fingerprint density at radius 3 is 2.70 bits per heavy atom. The van der Waals surface area contributed by atoms with E-state index in [1.165, 1.54) is 0 Å². The Balaban J connectivity index is 1.49. The minimum atomic E-state index is -0.148. The monoisotopic (exact) mass is 376 g/mol. The van der Waals surface area contributed by atoms with Crippen LogP contribution < -0.4 is 9.47 Å². The minimum absolute atomic E-state index is 0.0756. The van der Waals surface area contributed by atoms with Gasteiger partial charge in [0, 0.05) is 22.6 Å². The van der Waals surface area contributed by atoms with Crippen LogP contribution in [0.2, 0.25) is 0 Å². The molecule has 27 heavy (non-hydrogen) atoms. The third-order valence-electron chi connectivity index (χ3n) is 4.27. The molecule has 4 rings (SSSR count). The highest BCUT2D eigenvalue weighted by Crippen LogP contribution is 2.35. The summed E-state index contributed by atoms with van der Waals surface area (Å²) < 4.78 is 11.3. The van der Waals surface area contributed by atoms with Gasteiger partial charge in [0.2, 0.25) is 5.78 Å². The number of thiophene rings is 1. The summed E-state index contributed by atoms with van der Waals surface area (Å²) in [4.78, 5) is 25.7. The van der Waals surface area contributed by atoms with Crippen molar-refractivity contribution in [2.24, 2.45) is 0 Å². The predicted molar refractivity (Wildman–Crippen MR) is 105 cm³/mol. The quantitative estimate of drug-likeness (QED) is 0.468. The first-order valence-electron chi connectivity index (χ1n) is 8.45. The van der Waals surface area contributed by atoms with Crippen molar-refractivity contribution in [1.82, 2.24) is 0 Å². The van der Waals surface area contributed by atoms with Gasteiger partial charge in [-0.2, -0.15) is 0 Å². The molecule has 0 unspecified atom stereocenters. The molecule has 0 saturated carbocycles. The summed E-state index contributed by atoms with van der Waals surface area (Å²) in [6.45, 7) is 1.92. The van der Waals surface area contributed by atoms with E-state index in [-0.39, 0.29) is 18.2 Å². The molecule has 1 aliphatic rings. The molecule has 5 heteroatoms. The van der Waals surface area contributed by atoms with Crippen molar-refractivity contribution >= 4 is 29.0 Å². The lowest BCUT2D eigenvalue weighted by Gasteiger charge is -2.06. The zero-order valence-corrected chi connectivity index (χ0v) is 15.4. The molecule has 0 atom stereocenters. The number of fused-ring (bicyclic) bond motifs is 1. The van der Waals surface area contributed by atoms with E-state index in [1.807, 2.05) is 36.6 Å². The molecule has 0 saturated heterocycles. The van der Waals surface area contributed by atoms with Crippen LogP contribution in [0.1, 0.15) is 31.2 Å². The van der Waals surface area contributed by atoms with Crippen molar-refractivity contribution in [3.8, 4) is 11.5 Å². The first-order chi connectivity index (χ1) is 13.1. The minimum Gasteiger partial charge on any atom is -0.485 e. The number of ketones is 2. The SMILES string of the molecule is Cc1ccsc1C=C1Oc2cc(OCC(=O)c3ccccc3)ccc2C1=O. The normalized spacial score (nSPS) is 14.1. The summed E-state index contributed by atoms with van der Waals surface area (Å²) in [6.07, 6.45) is 1.77. The number of carbonyl (C=O) groups is 2. The van der Waals surface area contributed by atoms with E-state index >= 15 is 0 Å². The van der Waals surface area contributed by atoms with E-state index in [0.29, 0.717) is 28.4 Å². The fourth-order valence-electron chi connectivity index (χ4n) is 2.76. The van der Waals surface area contributed by atoms with Gasteiger partial charge in [0.15, 0.2) is 18.1 Å². The molecular weight excluding hydrogens is 360 g/mol. The van der Waals surface area contributed by atoms with Gasteiger partial charge in [-0.05, 0) is 36.1 Å². The number of allylic oxidation sites excluding steroid dienone is 1. The molecule has 4 nitrogen and oxygen atoms in total. The summed E-state index contributed by atoms with van der Waals surface area (Å²) in [5.41, 5.74) is 2.20. The van der Waals surface area contributed by atoms with Crippen LogP contribution in [0.3, 0.4) is 0 Å². The van der Waals surface area contributed by atoms with Crippen LogP contribution in [0, 0.1) is 6.92 Å². The highest BCUT2D eigenvalue weighted by Gasteiger charge is 2.28. The number of aryl methyl sites for hydroxylation is 1. The van der Waals surface area contributed by atoms with Crippen LogP contribution in [0.25, 0.3) is 6.08 Å². The lowest BCUT2D eigenvalue weighted by atomic mass is 10.1. The molecule has 2 aromatic carbocycles. The largest absolute Gasteiger partial charge is 0.485 e. The Kier molecular flexibility index (Phi) is 4.60. The molecule has 0 radical (unpaired) electrons. The Morgan fingerprint density at radius 2 is 1.96 bits per heavy atom. The third-order valence-corrected chi connectivity index (χ3v) is 5.24. The average molecular weight is 376 g/mol. The Labute approximate surface area is 160 Å². The van der Waals surface area contributed by atoms with Gasteiger partial charge in [0.25, 0.3) is 0 Å². The van der Waals surface area contributed by atoms with Crippen LogP contribution in [0.4, 0.5) is 0 Å². The Hall–Kier alpha value is -3.18. The second-order valence-corrected chi connectivity index (χ2v) is 7.09. The molecule has 1 aliphatic heterocycles. The lowest BCUT2D eigenvalue weighted by Crippen LogP contribution is -2.11. The number of carbonyl (C=O) groups excluding carboxylic acids is 2. The lowest BCUT2D eigenvalue weighted by molar-refractivity contribution is 0.0921. The van der Waals surface area contributed by atoms with Crippen LogP contribution in [0.5, 0.6) is 11.5 Å². The number of ether oxygens (including phenoxy) is 2. The van der Waals surface area contributed by atoms with Gasteiger partial charge in [-0.3, -0.25) is 9.59 Å². The first-order valence-corrected chi connectivity index (χ1v) is 9.33. The Morgan fingerprint density at radius 1 is 1.15 bits per heavy atom. The second-order valence-electron chi connectivity index (χ2n) is 6.14. The number of rotatable bonds is 5. The van der Waals surface area contributed by atoms with Gasteiger partial charge in [-0.25, -0.2) is 0 Å². The van der Waals surface area contributed by atoms with Gasteiger partial charge < -0.3 is 9.47 Å². The molecule has 1 aromatic heterocycles. The maximum atomic E-state index is 12.5. The molecule has 0 aliphatic carbocycles. The van der Waals surface area contributed by atoms with E-state index in [1.54, 1.807) is 47.7 Å². The number of Topliss-reactive ketones (excluding diaryl/α,β-unsaturated/α-hetero) is 2. The van der Waals surface area contributed by atoms with Gasteiger partial charge in [0.1, 0.15) is 11.5 Å². The maximum Gasteiger partial charge on any atom is 0.232 e. The zero-order valence-electron chi connectivity index (χ0n) is 14.6. The van der Waals surface area contributed by atoms with Crippen molar-refractivity contribution in [3.05, 3.63) is 87.3 Å². The molecule has 134 valence electrons. The highest BCUT2D eigenvalue weighted by molar-refractivity contribution is 7.11. The molecular formula is C22H16O4S. The first kappa shape index (κ1) is 17.2. The summed E-state index contributed by atoms with van der Waals surface area (Å²) in [5.74, 6) is 0.976. The average Bonchev–Trinajstić information content (AvgIpc) is 3.24. The van der Waals surface area contributed by atoms with Crippen molar-refractivity contribution in [1.29, 1.82) is 0 Å². The fraction of sp³-hybridized carbons (Fsp3) is 0.0909. The van der Waals surface area contributed by atoms with E-state index in [0.717, 1.165) is 10.4 Å². The van der Waals surface area contributed by atoms with Crippen molar-refractivity contribution < 1.29 is 19.1 Å². The van der Waals surface area contributed by atoms with E-state index < -0.39 is 0 Å². The molecule has 0 N–H and O–H groups in total. The van der Waals surface area contributed by atoms with Gasteiger partial charge in [-0.15, -0.1) is 11.3 Å². The molecule has 2 heterocycles. The van der Waals surface area contributed by atoms with Crippen LogP contribution in [0.15, 0.2) is 65.7 Å². The fourth-order valence-corrected chi connectivity index (χ4v) is 3.61. The van der Waals surface area contributed by atoms with E-state index in [2.05, 4.69) is 0 Å². The predicted octanol–water partition coefficient (Wildman–Crippen LogP) is 4.93. The Bertz CT molecular complexity index is 1050. The van der Waals surface area contributed by atoms with Crippen LogP contribution in [-0.2, 0) is 0 Å². The zero-order chi connectivity index (χ0) is 18.8. The van der Waals surface area contributed by atoms with Crippen LogP contribution >= 0.6 is 11.3 Å². The van der Waals surface area contributed by atoms with Gasteiger partial charge in [0.05, 0.1) is 5.56 Å². The van der Waals surface area contributed by atoms with Crippen molar-refractivity contribution in [2.75, 3.05) is 6.61 Å². The van der Waals surface area contributed by atoms with E-state index in [4.69, 9.17) is 9.47 Å². The summed E-state index contributed by atoms with van der Waals surface area (Å²) in [7, 11) is 0. The molecule has 0 amide bonds. The van der Waals surface area contributed by atoms with Crippen molar-refractivity contribution in [2.45, 2.75) is 6.92 Å². The number of benzene rings is 2. The van der Waals surface area contributed by atoms with E-state index in [9.17, 15) is 9.59 Å². The van der Waals surface area contributed by atoms with Gasteiger partial charge >= 0.3 is 0 Å². The van der Waals surface area contributed by atoms with Gasteiger partial charge in [-0.1, -0.05) is 30.3 Å². The van der Waals surface area contributed by atoms with Crippen molar-refractivity contribution in [3.63, 3.8) is 0 Å². The maximum absolute atomic E-state index is 12.5. The summed E-state index contributed by atoms with van der Waals surface area (Å²) >= 11 is 1.56.